The Kier molecular flexibility index (Phi) is 3.28. The van der Waals surface area contributed by atoms with E-state index in [0.717, 1.165) is 13.0 Å². The van der Waals surface area contributed by atoms with Gasteiger partial charge in [0.2, 0.25) is 0 Å². The maximum absolute atomic E-state index is 11.1. The summed E-state index contributed by atoms with van der Waals surface area (Å²) in [6.07, 6.45) is 2.10. The van der Waals surface area contributed by atoms with Crippen molar-refractivity contribution in [3.05, 3.63) is 23.9 Å². The van der Waals surface area contributed by atoms with E-state index in [9.17, 15) is 9.90 Å². The number of carbonyl (C=O) groups is 1. The summed E-state index contributed by atoms with van der Waals surface area (Å²) in [5.74, 6) is -0.268. The molecular weight excluding hydrogens is 220 g/mol. The first-order valence-corrected chi connectivity index (χ1v) is 5.71. The lowest BCUT2D eigenvalue weighted by Crippen LogP contribution is -2.26. The van der Waals surface area contributed by atoms with Gasteiger partial charge in [0.15, 0.2) is 0 Å². The summed E-state index contributed by atoms with van der Waals surface area (Å²) in [6.45, 7) is 3.17. The summed E-state index contributed by atoms with van der Waals surface area (Å²) in [5, 5.41) is 18.6. The van der Waals surface area contributed by atoms with Gasteiger partial charge in [-0.2, -0.15) is 0 Å². The lowest BCUT2D eigenvalue weighted by atomic mass is 10.0. The summed E-state index contributed by atoms with van der Waals surface area (Å²) >= 11 is 0. The highest BCUT2D eigenvalue weighted by atomic mass is 16.4. The van der Waals surface area contributed by atoms with Crippen LogP contribution in [0.15, 0.2) is 18.3 Å². The SMILES string of the molecule is CC(O)C1CCN(c2ncccc2C(=O)O)C1. The van der Waals surface area contributed by atoms with Crippen molar-refractivity contribution in [2.24, 2.45) is 5.92 Å². The lowest BCUT2D eigenvalue weighted by Gasteiger charge is -2.20. The standard InChI is InChI=1S/C12H16N2O3/c1-8(15)9-4-6-14(7-9)11-10(12(16)17)3-2-5-13-11/h2-3,5,8-9,15H,4,6-7H2,1H3,(H,16,17). The number of aromatic nitrogens is 1. The van der Waals surface area contributed by atoms with Crippen LogP contribution in [0.5, 0.6) is 0 Å². The molecule has 0 aliphatic carbocycles. The number of rotatable bonds is 3. The molecule has 2 N–H and O–H groups in total. The van der Waals surface area contributed by atoms with Crippen molar-refractivity contribution in [1.82, 2.24) is 4.98 Å². The maximum Gasteiger partial charge on any atom is 0.339 e. The Hall–Kier alpha value is -1.62. The molecule has 1 saturated heterocycles. The highest BCUT2D eigenvalue weighted by Gasteiger charge is 2.28. The molecule has 5 heteroatoms. The summed E-state index contributed by atoms with van der Waals surface area (Å²) in [7, 11) is 0. The number of pyridine rings is 1. The minimum atomic E-state index is -0.964. The van der Waals surface area contributed by atoms with Gasteiger partial charge in [-0.15, -0.1) is 0 Å². The van der Waals surface area contributed by atoms with Crippen LogP contribution < -0.4 is 4.90 Å². The van der Waals surface area contributed by atoms with Crippen molar-refractivity contribution < 1.29 is 15.0 Å². The molecule has 2 rings (SSSR count). The van der Waals surface area contributed by atoms with Gasteiger partial charge in [0.25, 0.3) is 0 Å². The smallest absolute Gasteiger partial charge is 0.339 e. The number of hydrogen-bond donors (Lipinski definition) is 2. The number of carboxylic acid groups (broad SMARTS) is 1. The minimum absolute atomic E-state index is 0.193. The van der Waals surface area contributed by atoms with Crippen LogP contribution in [-0.2, 0) is 0 Å². The second-order valence-corrected chi connectivity index (χ2v) is 4.42. The second-order valence-electron chi connectivity index (χ2n) is 4.42. The Morgan fingerprint density at radius 3 is 3.00 bits per heavy atom. The van der Waals surface area contributed by atoms with Gasteiger partial charge in [-0.05, 0) is 25.5 Å². The number of hydrogen-bond acceptors (Lipinski definition) is 4. The molecule has 2 atom stereocenters. The Morgan fingerprint density at radius 2 is 2.41 bits per heavy atom. The number of aliphatic hydroxyl groups excluding tert-OH is 1. The molecule has 0 radical (unpaired) electrons. The fourth-order valence-corrected chi connectivity index (χ4v) is 2.19. The van der Waals surface area contributed by atoms with Crippen molar-refractivity contribution in [2.45, 2.75) is 19.4 Å². The van der Waals surface area contributed by atoms with Crippen molar-refractivity contribution in [1.29, 1.82) is 0 Å². The second kappa shape index (κ2) is 4.71. The van der Waals surface area contributed by atoms with Gasteiger partial charge in [0.1, 0.15) is 11.4 Å². The molecule has 1 aliphatic heterocycles. The van der Waals surface area contributed by atoms with E-state index in [1.807, 2.05) is 4.90 Å². The lowest BCUT2D eigenvalue weighted by molar-refractivity contribution is 0.0697. The molecule has 0 aromatic carbocycles. The Labute approximate surface area is 99.7 Å². The highest BCUT2D eigenvalue weighted by molar-refractivity contribution is 5.93. The van der Waals surface area contributed by atoms with Crippen LogP contribution in [0.1, 0.15) is 23.7 Å². The van der Waals surface area contributed by atoms with E-state index in [4.69, 9.17) is 5.11 Å². The molecule has 92 valence electrons. The molecule has 0 amide bonds. The number of aromatic carboxylic acids is 1. The molecule has 0 saturated carbocycles. The maximum atomic E-state index is 11.1. The van der Waals surface area contributed by atoms with Crippen LogP contribution >= 0.6 is 0 Å². The third kappa shape index (κ3) is 2.39. The van der Waals surface area contributed by atoms with Crippen LogP contribution in [0.25, 0.3) is 0 Å². The number of carboxylic acids is 1. The van der Waals surface area contributed by atoms with Crippen LogP contribution in [0.4, 0.5) is 5.82 Å². The van der Waals surface area contributed by atoms with Gasteiger partial charge in [-0.3, -0.25) is 0 Å². The third-order valence-corrected chi connectivity index (χ3v) is 3.22. The largest absolute Gasteiger partial charge is 0.478 e. The number of nitrogens with zero attached hydrogens (tertiary/aromatic N) is 2. The summed E-state index contributed by atoms with van der Waals surface area (Å²) in [5.41, 5.74) is 0.221. The van der Waals surface area contributed by atoms with E-state index in [0.29, 0.717) is 12.4 Å². The molecule has 1 aromatic heterocycles. The first-order valence-electron chi connectivity index (χ1n) is 5.71. The zero-order valence-corrected chi connectivity index (χ0v) is 9.71. The topological polar surface area (TPSA) is 73.7 Å². The van der Waals surface area contributed by atoms with E-state index >= 15 is 0 Å². The van der Waals surface area contributed by atoms with Gasteiger partial charge in [0.05, 0.1) is 6.10 Å². The predicted molar refractivity (Wildman–Crippen MR) is 63.2 cm³/mol. The number of aliphatic hydroxyl groups is 1. The van der Waals surface area contributed by atoms with E-state index in [2.05, 4.69) is 4.98 Å². The summed E-state index contributed by atoms with van der Waals surface area (Å²) < 4.78 is 0. The van der Waals surface area contributed by atoms with Gasteiger partial charge in [-0.1, -0.05) is 0 Å². The van der Waals surface area contributed by atoms with Crippen LogP contribution in [0.2, 0.25) is 0 Å². The average molecular weight is 236 g/mol. The number of anilines is 1. The zero-order valence-electron chi connectivity index (χ0n) is 9.71. The Morgan fingerprint density at radius 1 is 1.65 bits per heavy atom. The summed E-state index contributed by atoms with van der Waals surface area (Å²) in [4.78, 5) is 17.1. The Bertz CT molecular complexity index is 420. The van der Waals surface area contributed by atoms with E-state index < -0.39 is 5.97 Å². The molecule has 1 fully saturated rings. The molecule has 1 aliphatic rings. The quantitative estimate of drug-likeness (QED) is 0.818. The minimum Gasteiger partial charge on any atom is -0.478 e. The fourth-order valence-electron chi connectivity index (χ4n) is 2.19. The monoisotopic (exact) mass is 236 g/mol. The van der Waals surface area contributed by atoms with E-state index in [1.54, 1.807) is 25.3 Å². The van der Waals surface area contributed by atoms with Crippen molar-refractivity contribution in [3.8, 4) is 0 Å². The summed E-state index contributed by atoms with van der Waals surface area (Å²) in [6, 6.07) is 3.18. The van der Waals surface area contributed by atoms with Crippen molar-refractivity contribution >= 4 is 11.8 Å². The van der Waals surface area contributed by atoms with Crippen molar-refractivity contribution in [2.75, 3.05) is 18.0 Å². The molecule has 0 bridgehead atoms. The van der Waals surface area contributed by atoms with Crippen LogP contribution in [0, 0.1) is 5.92 Å². The van der Waals surface area contributed by atoms with Gasteiger partial charge >= 0.3 is 5.97 Å². The van der Waals surface area contributed by atoms with Crippen molar-refractivity contribution in [3.63, 3.8) is 0 Å². The highest BCUT2D eigenvalue weighted by Crippen LogP contribution is 2.26. The van der Waals surface area contributed by atoms with E-state index in [-0.39, 0.29) is 17.6 Å². The predicted octanol–water partition coefficient (Wildman–Crippen LogP) is 0.987. The van der Waals surface area contributed by atoms with Crippen LogP contribution in [0.3, 0.4) is 0 Å². The van der Waals surface area contributed by atoms with Gasteiger partial charge in [0, 0.05) is 25.2 Å². The molecule has 2 unspecified atom stereocenters. The fraction of sp³-hybridized carbons (Fsp3) is 0.500. The Balaban J connectivity index is 2.21. The molecule has 17 heavy (non-hydrogen) atoms. The average Bonchev–Trinajstić information content (AvgIpc) is 2.78. The van der Waals surface area contributed by atoms with Gasteiger partial charge in [-0.25, -0.2) is 9.78 Å². The molecule has 2 heterocycles. The van der Waals surface area contributed by atoms with E-state index in [1.165, 1.54) is 0 Å². The molecular formula is C12H16N2O3. The molecule has 0 spiro atoms. The molecule has 5 nitrogen and oxygen atoms in total. The normalized spacial score (nSPS) is 21.5. The third-order valence-electron chi connectivity index (χ3n) is 3.22. The van der Waals surface area contributed by atoms with Gasteiger partial charge < -0.3 is 15.1 Å². The van der Waals surface area contributed by atoms with Crippen LogP contribution in [-0.4, -0.2) is 40.4 Å². The first kappa shape index (κ1) is 11.9. The molecule has 1 aromatic rings. The first-order chi connectivity index (χ1) is 8.09. The zero-order chi connectivity index (χ0) is 12.4.